The van der Waals surface area contributed by atoms with Crippen LogP contribution in [0.2, 0.25) is 0 Å². The molecule has 0 aromatic heterocycles. The van der Waals surface area contributed by atoms with E-state index >= 15 is 0 Å². The number of amides is 1. The van der Waals surface area contributed by atoms with Crippen LogP contribution in [-0.4, -0.2) is 19.0 Å². The number of carbonyl (C=O) groups excluding carboxylic acids is 1. The summed E-state index contributed by atoms with van der Waals surface area (Å²) in [5.74, 6) is 0.0963. The summed E-state index contributed by atoms with van der Waals surface area (Å²) in [5, 5.41) is 8.57. The average molecular weight is 333 g/mol. The highest BCUT2D eigenvalue weighted by Crippen LogP contribution is 2.28. The second kappa shape index (κ2) is 5.19. The minimum atomic E-state index is -0.297. The van der Waals surface area contributed by atoms with Gasteiger partial charge in [-0.2, -0.15) is 0 Å². The van der Waals surface area contributed by atoms with Crippen molar-refractivity contribution in [2.75, 3.05) is 18.4 Å². The topological polar surface area (TPSA) is 41.1 Å². The summed E-state index contributed by atoms with van der Waals surface area (Å²) in [5.41, 5.74) is 0.562. The number of carbonyl (C=O) groups is 1. The summed E-state index contributed by atoms with van der Waals surface area (Å²) >= 11 is 3.47. The maximum Gasteiger partial charge on any atom is 0.231 e. The van der Waals surface area contributed by atoms with Gasteiger partial charge < -0.3 is 10.6 Å². The number of hydrogen-bond donors (Lipinski definition) is 2. The van der Waals surface area contributed by atoms with Gasteiger partial charge in [0.05, 0.1) is 5.41 Å². The molecular weight excluding hydrogens is 316 g/mol. The third-order valence-corrected chi connectivity index (χ3v) is 4.47. The van der Waals surface area contributed by atoms with Gasteiger partial charge in [0.15, 0.2) is 0 Å². The highest BCUT2D eigenvalue weighted by molar-refractivity contribution is 9.10. The Bertz CT molecular complexity index is 663. The van der Waals surface area contributed by atoms with E-state index in [0.717, 1.165) is 40.4 Å². The number of nitrogens with one attached hydrogen (secondary N) is 2. The molecule has 2 aromatic carbocycles. The Morgan fingerprint density at radius 3 is 2.75 bits per heavy atom. The normalized spacial score (nSPS) is 22.1. The van der Waals surface area contributed by atoms with Gasteiger partial charge in [-0.25, -0.2) is 0 Å². The fraction of sp³-hybridized carbons (Fsp3) is 0.312. The van der Waals surface area contributed by atoms with Crippen LogP contribution in [0.3, 0.4) is 0 Å². The molecule has 0 aliphatic carbocycles. The number of fused-ring (bicyclic) bond motifs is 1. The molecule has 1 fully saturated rings. The van der Waals surface area contributed by atoms with Gasteiger partial charge in [0.1, 0.15) is 0 Å². The van der Waals surface area contributed by atoms with Crippen LogP contribution in [0.5, 0.6) is 0 Å². The monoisotopic (exact) mass is 332 g/mol. The minimum Gasteiger partial charge on any atom is -0.326 e. The fourth-order valence-electron chi connectivity index (χ4n) is 2.59. The zero-order chi connectivity index (χ0) is 14.2. The van der Waals surface area contributed by atoms with E-state index in [1.54, 1.807) is 0 Å². The molecule has 3 nitrogen and oxygen atoms in total. The first-order valence-corrected chi connectivity index (χ1v) is 7.58. The number of halogens is 1. The van der Waals surface area contributed by atoms with Gasteiger partial charge in [0.2, 0.25) is 5.91 Å². The zero-order valence-corrected chi connectivity index (χ0v) is 13.0. The molecule has 20 heavy (non-hydrogen) atoms. The standard InChI is InChI=1S/C16H17BrN2O/c1-16(6-7-18-10-16)15(20)19-14-5-3-11-8-13(17)4-2-12(11)9-14/h2-5,8-9,18H,6-7,10H2,1H3,(H,19,20). The third kappa shape index (κ3) is 2.58. The van der Waals surface area contributed by atoms with Crippen LogP contribution >= 0.6 is 15.9 Å². The van der Waals surface area contributed by atoms with Crippen molar-refractivity contribution in [3.8, 4) is 0 Å². The third-order valence-electron chi connectivity index (χ3n) is 3.98. The Labute approximate surface area is 126 Å². The largest absolute Gasteiger partial charge is 0.326 e. The molecule has 0 spiro atoms. The molecule has 4 heteroatoms. The summed E-state index contributed by atoms with van der Waals surface area (Å²) in [6.07, 6.45) is 0.888. The first-order chi connectivity index (χ1) is 9.57. The van der Waals surface area contributed by atoms with Gasteiger partial charge in [-0.15, -0.1) is 0 Å². The van der Waals surface area contributed by atoms with Gasteiger partial charge >= 0.3 is 0 Å². The molecule has 0 saturated carbocycles. The van der Waals surface area contributed by atoms with Crippen molar-refractivity contribution < 1.29 is 4.79 Å². The molecule has 0 radical (unpaired) electrons. The molecule has 1 atom stereocenters. The van der Waals surface area contributed by atoms with Crippen molar-refractivity contribution in [1.29, 1.82) is 0 Å². The molecule has 2 N–H and O–H groups in total. The van der Waals surface area contributed by atoms with Crippen molar-refractivity contribution in [2.45, 2.75) is 13.3 Å². The Hall–Kier alpha value is -1.39. The van der Waals surface area contributed by atoms with E-state index in [0.29, 0.717) is 0 Å². The summed E-state index contributed by atoms with van der Waals surface area (Å²) < 4.78 is 1.06. The molecule has 2 aromatic rings. The van der Waals surface area contributed by atoms with E-state index in [-0.39, 0.29) is 11.3 Å². The van der Waals surface area contributed by atoms with Crippen molar-refractivity contribution in [1.82, 2.24) is 5.32 Å². The Kier molecular flexibility index (Phi) is 3.52. The molecule has 1 amide bonds. The van der Waals surface area contributed by atoms with Crippen LogP contribution in [0.4, 0.5) is 5.69 Å². The molecule has 1 aliphatic heterocycles. The second-order valence-electron chi connectivity index (χ2n) is 5.65. The van der Waals surface area contributed by atoms with E-state index in [9.17, 15) is 4.79 Å². The van der Waals surface area contributed by atoms with E-state index < -0.39 is 0 Å². The molecule has 104 valence electrons. The highest BCUT2D eigenvalue weighted by atomic mass is 79.9. The lowest BCUT2D eigenvalue weighted by atomic mass is 9.88. The zero-order valence-electron chi connectivity index (χ0n) is 11.4. The maximum atomic E-state index is 12.4. The van der Waals surface area contributed by atoms with Crippen LogP contribution in [0.1, 0.15) is 13.3 Å². The molecule has 0 bridgehead atoms. The van der Waals surface area contributed by atoms with Gasteiger partial charge in [0, 0.05) is 16.7 Å². The summed E-state index contributed by atoms with van der Waals surface area (Å²) in [6.45, 7) is 3.68. The quantitative estimate of drug-likeness (QED) is 0.883. The van der Waals surface area contributed by atoms with Crippen molar-refractivity contribution in [3.63, 3.8) is 0 Å². The Balaban J connectivity index is 1.84. The van der Waals surface area contributed by atoms with Gasteiger partial charge in [-0.1, -0.05) is 28.1 Å². The molecular formula is C16H17BrN2O. The lowest BCUT2D eigenvalue weighted by Crippen LogP contribution is -2.35. The number of anilines is 1. The van der Waals surface area contributed by atoms with Crippen molar-refractivity contribution in [2.24, 2.45) is 5.41 Å². The number of benzene rings is 2. The minimum absolute atomic E-state index is 0.0963. The fourth-order valence-corrected chi connectivity index (χ4v) is 2.97. The lowest BCUT2D eigenvalue weighted by molar-refractivity contribution is -0.123. The lowest BCUT2D eigenvalue weighted by Gasteiger charge is -2.21. The second-order valence-corrected chi connectivity index (χ2v) is 6.56. The van der Waals surface area contributed by atoms with Crippen molar-refractivity contribution >= 4 is 38.3 Å². The molecule has 3 rings (SSSR count). The Morgan fingerprint density at radius 1 is 1.25 bits per heavy atom. The van der Waals surface area contributed by atoms with E-state index in [1.807, 2.05) is 37.3 Å². The summed E-state index contributed by atoms with van der Waals surface area (Å²) in [4.78, 5) is 12.4. The van der Waals surface area contributed by atoms with Gasteiger partial charge in [-0.05, 0) is 54.9 Å². The van der Waals surface area contributed by atoms with Gasteiger partial charge in [0.25, 0.3) is 0 Å². The summed E-state index contributed by atoms with van der Waals surface area (Å²) in [7, 11) is 0. The average Bonchev–Trinajstić information content (AvgIpc) is 2.87. The van der Waals surface area contributed by atoms with Crippen LogP contribution in [0.25, 0.3) is 10.8 Å². The highest BCUT2D eigenvalue weighted by Gasteiger charge is 2.36. The van der Waals surface area contributed by atoms with Crippen LogP contribution in [0.15, 0.2) is 40.9 Å². The van der Waals surface area contributed by atoms with Crippen LogP contribution < -0.4 is 10.6 Å². The number of rotatable bonds is 2. The molecule has 1 unspecified atom stereocenters. The summed E-state index contributed by atoms with van der Waals surface area (Å²) in [6, 6.07) is 12.1. The predicted molar refractivity (Wildman–Crippen MR) is 85.9 cm³/mol. The van der Waals surface area contributed by atoms with Crippen LogP contribution in [-0.2, 0) is 4.79 Å². The number of hydrogen-bond acceptors (Lipinski definition) is 2. The van der Waals surface area contributed by atoms with E-state index in [2.05, 4.69) is 32.6 Å². The van der Waals surface area contributed by atoms with E-state index in [1.165, 1.54) is 0 Å². The smallest absolute Gasteiger partial charge is 0.231 e. The molecule has 1 aliphatic rings. The molecule has 1 heterocycles. The van der Waals surface area contributed by atoms with Crippen LogP contribution in [0, 0.1) is 5.41 Å². The van der Waals surface area contributed by atoms with E-state index in [4.69, 9.17) is 0 Å². The predicted octanol–water partition coefficient (Wildman–Crippen LogP) is 3.54. The first-order valence-electron chi connectivity index (χ1n) is 6.78. The maximum absolute atomic E-state index is 12.4. The first kappa shape index (κ1) is 13.6. The SMILES string of the molecule is CC1(C(=O)Nc2ccc3cc(Br)ccc3c2)CCNC1. The van der Waals surface area contributed by atoms with Gasteiger partial charge in [-0.3, -0.25) is 4.79 Å². The molecule has 1 saturated heterocycles. The van der Waals surface area contributed by atoms with Crippen molar-refractivity contribution in [3.05, 3.63) is 40.9 Å². The Morgan fingerprint density at radius 2 is 2.00 bits per heavy atom.